The van der Waals surface area contributed by atoms with E-state index in [4.69, 9.17) is 9.15 Å². The average molecular weight is 188 g/mol. The first kappa shape index (κ1) is 7.44. The Bertz CT molecular complexity index is 594. The third kappa shape index (κ3) is 0.797. The lowest BCUT2D eigenvalue weighted by molar-refractivity contribution is 0.412. The standard InChI is InChI=1S/C10H8N2O2/c1-13-7-4-2-3-6-9-8(5-11-12-9)14-10(6)7/h2-5H,1H3,(H,11,12). The molecule has 0 fully saturated rings. The van der Waals surface area contributed by atoms with E-state index in [1.54, 1.807) is 13.3 Å². The van der Waals surface area contributed by atoms with Crippen molar-refractivity contribution >= 4 is 22.1 Å². The van der Waals surface area contributed by atoms with Gasteiger partial charge in [-0.3, -0.25) is 5.10 Å². The number of benzene rings is 1. The SMILES string of the molecule is COc1cccc2c1oc1c[nH]nc12. The molecule has 0 saturated heterocycles. The van der Waals surface area contributed by atoms with Gasteiger partial charge in [0.1, 0.15) is 5.52 Å². The zero-order valence-electron chi connectivity index (χ0n) is 7.57. The third-order valence-electron chi connectivity index (χ3n) is 2.27. The molecule has 0 atom stereocenters. The molecule has 4 nitrogen and oxygen atoms in total. The number of nitrogens with zero attached hydrogens (tertiary/aromatic N) is 1. The van der Waals surface area contributed by atoms with Gasteiger partial charge in [0.2, 0.25) is 0 Å². The van der Waals surface area contributed by atoms with Gasteiger partial charge >= 0.3 is 0 Å². The number of H-pyrrole nitrogens is 1. The number of rotatable bonds is 1. The molecular weight excluding hydrogens is 180 g/mol. The molecule has 1 N–H and O–H groups in total. The molecule has 70 valence electrons. The molecule has 0 spiro atoms. The highest BCUT2D eigenvalue weighted by Crippen LogP contribution is 2.32. The van der Waals surface area contributed by atoms with Crippen LogP contribution < -0.4 is 4.74 Å². The van der Waals surface area contributed by atoms with Crippen molar-refractivity contribution in [1.82, 2.24) is 10.2 Å². The molecule has 3 aromatic rings. The van der Waals surface area contributed by atoms with Crippen molar-refractivity contribution in [2.45, 2.75) is 0 Å². The van der Waals surface area contributed by atoms with Gasteiger partial charge in [-0.15, -0.1) is 0 Å². The minimum absolute atomic E-state index is 0.737. The summed E-state index contributed by atoms with van der Waals surface area (Å²) in [6, 6.07) is 5.75. The molecule has 0 saturated carbocycles. The molecule has 0 aliphatic heterocycles. The van der Waals surface area contributed by atoms with E-state index in [0.717, 1.165) is 27.8 Å². The van der Waals surface area contributed by atoms with Crippen LogP contribution in [0.25, 0.3) is 22.1 Å². The summed E-state index contributed by atoms with van der Waals surface area (Å²) in [7, 11) is 1.63. The summed E-state index contributed by atoms with van der Waals surface area (Å²) >= 11 is 0. The Hall–Kier alpha value is -1.97. The van der Waals surface area contributed by atoms with E-state index in [2.05, 4.69) is 10.2 Å². The van der Waals surface area contributed by atoms with E-state index in [9.17, 15) is 0 Å². The molecule has 2 heterocycles. The van der Waals surface area contributed by atoms with Crippen LogP contribution in [0.1, 0.15) is 0 Å². The molecule has 3 rings (SSSR count). The van der Waals surface area contributed by atoms with Crippen LogP contribution in [0.5, 0.6) is 5.75 Å². The van der Waals surface area contributed by atoms with Crippen molar-refractivity contribution in [1.29, 1.82) is 0 Å². The maximum atomic E-state index is 5.60. The van der Waals surface area contributed by atoms with Gasteiger partial charge < -0.3 is 9.15 Å². The van der Waals surface area contributed by atoms with Gasteiger partial charge in [-0.05, 0) is 12.1 Å². The second kappa shape index (κ2) is 2.51. The Morgan fingerprint density at radius 3 is 3.21 bits per heavy atom. The number of aromatic amines is 1. The molecule has 0 aliphatic carbocycles. The normalized spacial score (nSPS) is 11.2. The minimum atomic E-state index is 0.737. The molecule has 14 heavy (non-hydrogen) atoms. The number of fused-ring (bicyclic) bond motifs is 3. The van der Waals surface area contributed by atoms with Crippen molar-refractivity contribution in [2.24, 2.45) is 0 Å². The summed E-state index contributed by atoms with van der Waals surface area (Å²) in [4.78, 5) is 0. The second-order valence-corrected chi connectivity index (χ2v) is 3.04. The summed E-state index contributed by atoms with van der Waals surface area (Å²) in [5.74, 6) is 0.737. The fourth-order valence-electron chi connectivity index (χ4n) is 1.63. The third-order valence-corrected chi connectivity index (χ3v) is 2.27. The topological polar surface area (TPSA) is 51.0 Å². The maximum absolute atomic E-state index is 5.60. The highest BCUT2D eigenvalue weighted by molar-refractivity contribution is 6.04. The van der Waals surface area contributed by atoms with Crippen molar-refractivity contribution in [3.63, 3.8) is 0 Å². The molecule has 0 bridgehead atoms. The van der Waals surface area contributed by atoms with Gasteiger partial charge in [-0.25, -0.2) is 0 Å². The van der Waals surface area contributed by atoms with Gasteiger partial charge in [-0.2, -0.15) is 5.10 Å². The predicted octanol–water partition coefficient (Wildman–Crippen LogP) is 2.32. The summed E-state index contributed by atoms with van der Waals surface area (Å²) < 4.78 is 10.8. The van der Waals surface area contributed by atoms with Crippen LogP contribution in [-0.4, -0.2) is 17.3 Å². The number of hydrogen-bond donors (Lipinski definition) is 1. The van der Waals surface area contributed by atoms with E-state index in [0.29, 0.717) is 0 Å². The monoisotopic (exact) mass is 188 g/mol. The van der Waals surface area contributed by atoms with E-state index in [1.165, 1.54) is 0 Å². The first-order valence-corrected chi connectivity index (χ1v) is 4.29. The van der Waals surface area contributed by atoms with E-state index in [-0.39, 0.29) is 0 Å². The Morgan fingerprint density at radius 1 is 1.43 bits per heavy atom. The van der Waals surface area contributed by atoms with E-state index < -0.39 is 0 Å². The Labute approximate surface area is 79.5 Å². The van der Waals surface area contributed by atoms with Gasteiger partial charge in [0.05, 0.1) is 18.7 Å². The van der Waals surface area contributed by atoms with Crippen LogP contribution in [0.4, 0.5) is 0 Å². The van der Waals surface area contributed by atoms with Gasteiger partial charge in [-0.1, -0.05) is 6.07 Å². The zero-order valence-corrected chi connectivity index (χ0v) is 7.57. The molecule has 4 heteroatoms. The lowest BCUT2D eigenvalue weighted by Gasteiger charge is -1.98. The van der Waals surface area contributed by atoms with Crippen LogP contribution in [0.15, 0.2) is 28.8 Å². The number of nitrogens with one attached hydrogen (secondary N) is 1. The van der Waals surface area contributed by atoms with Crippen LogP contribution in [0.3, 0.4) is 0 Å². The lowest BCUT2D eigenvalue weighted by Crippen LogP contribution is -1.81. The number of hydrogen-bond acceptors (Lipinski definition) is 3. The van der Waals surface area contributed by atoms with Crippen LogP contribution in [-0.2, 0) is 0 Å². The highest BCUT2D eigenvalue weighted by atomic mass is 16.5. The van der Waals surface area contributed by atoms with Crippen molar-refractivity contribution in [2.75, 3.05) is 7.11 Å². The van der Waals surface area contributed by atoms with E-state index >= 15 is 0 Å². The Morgan fingerprint density at radius 2 is 2.36 bits per heavy atom. The Balaban J connectivity index is 2.54. The van der Waals surface area contributed by atoms with Crippen LogP contribution in [0, 0.1) is 0 Å². The number of para-hydroxylation sites is 1. The first-order valence-electron chi connectivity index (χ1n) is 4.29. The summed E-state index contributed by atoms with van der Waals surface area (Å²) in [5, 5.41) is 7.84. The summed E-state index contributed by atoms with van der Waals surface area (Å²) in [6.07, 6.45) is 1.73. The molecular formula is C10H8N2O2. The van der Waals surface area contributed by atoms with Crippen LogP contribution in [0.2, 0.25) is 0 Å². The largest absolute Gasteiger partial charge is 0.493 e. The molecule has 0 unspecified atom stereocenters. The Kier molecular flexibility index (Phi) is 1.33. The van der Waals surface area contributed by atoms with Gasteiger partial charge in [0, 0.05) is 0 Å². The van der Waals surface area contributed by atoms with Crippen molar-refractivity contribution in [3.05, 3.63) is 24.4 Å². The molecule has 0 radical (unpaired) electrons. The zero-order chi connectivity index (χ0) is 9.54. The number of furan rings is 1. The molecule has 0 amide bonds. The number of ether oxygens (including phenoxy) is 1. The molecule has 2 aromatic heterocycles. The van der Waals surface area contributed by atoms with E-state index in [1.807, 2.05) is 18.2 Å². The molecule has 1 aromatic carbocycles. The lowest BCUT2D eigenvalue weighted by atomic mass is 10.2. The summed E-state index contributed by atoms with van der Waals surface area (Å²) in [5.41, 5.74) is 2.35. The highest BCUT2D eigenvalue weighted by Gasteiger charge is 2.11. The minimum Gasteiger partial charge on any atom is -0.493 e. The molecule has 0 aliphatic rings. The fourth-order valence-corrected chi connectivity index (χ4v) is 1.63. The summed E-state index contributed by atoms with van der Waals surface area (Å²) in [6.45, 7) is 0. The maximum Gasteiger partial charge on any atom is 0.179 e. The fraction of sp³-hybridized carbons (Fsp3) is 0.100. The van der Waals surface area contributed by atoms with Crippen molar-refractivity contribution < 1.29 is 9.15 Å². The first-order chi connectivity index (χ1) is 6.90. The predicted molar refractivity (Wildman–Crippen MR) is 52.4 cm³/mol. The van der Waals surface area contributed by atoms with Gasteiger partial charge in [0.25, 0.3) is 0 Å². The average Bonchev–Trinajstić information content (AvgIpc) is 2.76. The van der Waals surface area contributed by atoms with Crippen LogP contribution >= 0.6 is 0 Å². The number of aromatic nitrogens is 2. The smallest absolute Gasteiger partial charge is 0.179 e. The quantitative estimate of drug-likeness (QED) is 0.637. The van der Waals surface area contributed by atoms with Gasteiger partial charge in [0.15, 0.2) is 16.9 Å². The van der Waals surface area contributed by atoms with Crippen molar-refractivity contribution in [3.8, 4) is 5.75 Å². The second-order valence-electron chi connectivity index (χ2n) is 3.04. The number of methoxy groups -OCH3 is 1.